The van der Waals surface area contributed by atoms with Crippen molar-refractivity contribution in [2.24, 2.45) is 0 Å². The molecule has 0 rings (SSSR count). The SMILES string of the molecule is CC/C=C\C/C=C\C/C=C\C/C=C\C/C=C\C/C=C\C/C=C\CCCCCCCC(=O)OCC(COC(=O)CCCCCCC/C=C\CCCCCC)OC(=O)CCCCCCCCCCC/C=C\CCCCCCCCCC. The maximum absolute atomic E-state index is 12.9. The lowest BCUT2D eigenvalue weighted by atomic mass is 10.1. The summed E-state index contributed by atoms with van der Waals surface area (Å²) in [5.74, 6) is -0.910. The first-order valence-electron chi connectivity index (χ1n) is 33.4. The number of esters is 3. The van der Waals surface area contributed by atoms with E-state index in [1.54, 1.807) is 0 Å². The monoisotopic (exact) mass is 1100 g/mol. The van der Waals surface area contributed by atoms with Gasteiger partial charge in [-0.2, -0.15) is 0 Å². The minimum absolute atomic E-state index is 0.0892. The van der Waals surface area contributed by atoms with Gasteiger partial charge in [-0.05, 0) is 128 Å². The van der Waals surface area contributed by atoms with E-state index in [4.69, 9.17) is 14.2 Å². The maximum atomic E-state index is 12.9. The minimum atomic E-state index is -0.794. The van der Waals surface area contributed by atoms with E-state index in [1.165, 1.54) is 148 Å². The number of hydrogen-bond donors (Lipinski definition) is 0. The van der Waals surface area contributed by atoms with Crippen LogP contribution in [0.4, 0.5) is 0 Å². The lowest BCUT2D eigenvalue weighted by molar-refractivity contribution is -0.167. The highest BCUT2D eigenvalue weighted by Gasteiger charge is 2.19. The number of allylic oxidation sites excluding steroid dienone is 18. The van der Waals surface area contributed by atoms with Gasteiger partial charge in [-0.1, -0.05) is 278 Å². The summed E-state index contributed by atoms with van der Waals surface area (Å²) in [6, 6.07) is 0. The van der Waals surface area contributed by atoms with Gasteiger partial charge in [-0.15, -0.1) is 0 Å². The Hall–Kier alpha value is -3.93. The van der Waals surface area contributed by atoms with Gasteiger partial charge in [-0.3, -0.25) is 14.4 Å². The smallest absolute Gasteiger partial charge is 0.306 e. The van der Waals surface area contributed by atoms with E-state index >= 15 is 0 Å². The molecule has 1 unspecified atom stereocenters. The van der Waals surface area contributed by atoms with Crippen LogP contribution in [0, 0.1) is 0 Å². The minimum Gasteiger partial charge on any atom is -0.462 e. The highest BCUT2D eigenvalue weighted by atomic mass is 16.6. The molecule has 0 bridgehead atoms. The second kappa shape index (κ2) is 66.6. The molecule has 0 aromatic heterocycles. The highest BCUT2D eigenvalue weighted by molar-refractivity contribution is 5.71. The fraction of sp³-hybridized carbons (Fsp3) is 0.712. The quantitative estimate of drug-likeness (QED) is 0.0261. The highest BCUT2D eigenvalue weighted by Crippen LogP contribution is 2.16. The molecule has 0 saturated heterocycles. The third-order valence-electron chi connectivity index (χ3n) is 14.2. The molecular weight excluding hydrogens is 973 g/mol. The summed E-state index contributed by atoms with van der Waals surface area (Å²) < 4.78 is 16.9. The Kier molecular flexibility index (Phi) is 63.3. The van der Waals surface area contributed by atoms with Crippen LogP contribution in [-0.2, 0) is 28.6 Å². The molecular formula is C73H124O6. The molecule has 452 valence electrons. The zero-order valence-electron chi connectivity index (χ0n) is 51.9. The molecule has 0 spiro atoms. The lowest BCUT2D eigenvalue weighted by Gasteiger charge is -2.18. The van der Waals surface area contributed by atoms with Gasteiger partial charge >= 0.3 is 17.9 Å². The fourth-order valence-electron chi connectivity index (χ4n) is 9.24. The van der Waals surface area contributed by atoms with Crippen molar-refractivity contribution in [2.45, 2.75) is 322 Å². The third-order valence-corrected chi connectivity index (χ3v) is 14.2. The van der Waals surface area contributed by atoms with E-state index in [-0.39, 0.29) is 31.1 Å². The number of carbonyl (C=O) groups is 3. The van der Waals surface area contributed by atoms with Crippen LogP contribution in [0.3, 0.4) is 0 Å². The van der Waals surface area contributed by atoms with Crippen LogP contribution in [0.25, 0.3) is 0 Å². The summed E-state index contributed by atoms with van der Waals surface area (Å²) in [6.45, 7) is 6.51. The number of rotatable bonds is 60. The topological polar surface area (TPSA) is 78.9 Å². The summed E-state index contributed by atoms with van der Waals surface area (Å²) in [7, 11) is 0. The molecule has 0 aliphatic rings. The second-order valence-electron chi connectivity index (χ2n) is 22.0. The molecule has 6 nitrogen and oxygen atoms in total. The summed E-state index contributed by atoms with van der Waals surface area (Å²) in [5.41, 5.74) is 0. The normalized spacial score (nSPS) is 12.8. The summed E-state index contributed by atoms with van der Waals surface area (Å²) in [6.07, 6.45) is 91.0. The van der Waals surface area contributed by atoms with Crippen LogP contribution >= 0.6 is 0 Å². The predicted molar refractivity (Wildman–Crippen MR) is 343 cm³/mol. The van der Waals surface area contributed by atoms with Gasteiger partial charge in [0.2, 0.25) is 0 Å². The zero-order valence-corrected chi connectivity index (χ0v) is 51.9. The molecule has 0 heterocycles. The molecule has 1 atom stereocenters. The van der Waals surface area contributed by atoms with E-state index in [1.807, 2.05) is 0 Å². The largest absolute Gasteiger partial charge is 0.462 e. The molecule has 6 heteroatoms. The van der Waals surface area contributed by atoms with Gasteiger partial charge in [0.25, 0.3) is 0 Å². The lowest BCUT2D eigenvalue weighted by Crippen LogP contribution is -2.30. The number of ether oxygens (including phenoxy) is 3. The molecule has 0 aromatic rings. The average Bonchev–Trinajstić information content (AvgIpc) is 3.45. The molecule has 0 saturated carbocycles. The van der Waals surface area contributed by atoms with Crippen molar-refractivity contribution in [2.75, 3.05) is 13.2 Å². The number of unbranched alkanes of at least 4 members (excludes halogenated alkanes) is 31. The third kappa shape index (κ3) is 64.8. The molecule has 79 heavy (non-hydrogen) atoms. The van der Waals surface area contributed by atoms with Gasteiger partial charge < -0.3 is 14.2 Å². The van der Waals surface area contributed by atoms with Crippen molar-refractivity contribution in [1.29, 1.82) is 0 Å². The molecule has 0 amide bonds. The van der Waals surface area contributed by atoms with E-state index < -0.39 is 6.10 Å². The molecule has 0 aromatic carbocycles. The van der Waals surface area contributed by atoms with Crippen LogP contribution in [0.2, 0.25) is 0 Å². The van der Waals surface area contributed by atoms with Gasteiger partial charge in [0, 0.05) is 19.3 Å². The van der Waals surface area contributed by atoms with Crippen molar-refractivity contribution in [1.82, 2.24) is 0 Å². The average molecular weight is 1100 g/mol. The number of hydrogen-bond acceptors (Lipinski definition) is 6. The van der Waals surface area contributed by atoms with E-state index in [0.717, 1.165) is 128 Å². The number of carbonyl (C=O) groups excluding carboxylic acids is 3. The first-order chi connectivity index (χ1) is 39.0. The van der Waals surface area contributed by atoms with E-state index in [9.17, 15) is 14.4 Å². The first-order valence-corrected chi connectivity index (χ1v) is 33.4. The molecule has 0 N–H and O–H groups in total. The molecule has 0 fully saturated rings. The Morgan fingerprint density at radius 2 is 0.494 bits per heavy atom. The fourth-order valence-corrected chi connectivity index (χ4v) is 9.24. The van der Waals surface area contributed by atoms with Crippen molar-refractivity contribution < 1.29 is 28.6 Å². The van der Waals surface area contributed by atoms with Crippen molar-refractivity contribution >= 4 is 17.9 Å². The van der Waals surface area contributed by atoms with Crippen molar-refractivity contribution in [3.63, 3.8) is 0 Å². The Morgan fingerprint density at radius 1 is 0.266 bits per heavy atom. The molecule has 0 aliphatic carbocycles. The van der Waals surface area contributed by atoms with Gasteiger partial charge in [0.1, 0.15) is 13.2 Å². The molecule has 0 aliphatic heterocycles. The van der Waals surface area contributed by atoms with Gasteiger partial charge in [0.15, 0.2) is 6.10 Å². The molecule has 0 radical (unpaired) electrons. The zero-order chi connectivity index (χ0) is 57.1. The van der Waals surface area contributed by atoms with Crippen molar-refractivity contribution in [3.05, 3.63) is 109 Å². The van der Waals surface area contributed by atoms with Gasteiger partial charge in [-0.25, -0.2) is 0 Å². The van der Waals surface area contributed by atoms with Crippen LogP contribution < -0.4 is 0 Å². The Balaban J connectivity index is 4.37. The Bertz CT molecular complexity index is 1590. The standard InChI is InChI=1S/C73H124O6/c1-4-7-10-13-16-19-22-25-27-29-31-33-34-35-36-37-38-40-41-43-45-48-51-54-57-60-63-66-72(75)78-69-70(68-77-71(74)65-62-59-56-53-50-47-24-21-18-15-12-9-6-3)79-73(76)67-64-61-58-55-52-49-46-44-42-39-32-30-28-26-23-20-17-14-11-8-5-2/h7,10,16,19,21,24-25,27,30-33,35-36,38,40,43,45,70H,4-6,8-9,11-15,17-18,20,22-23,26,28-29,34,37,39,41-42,44,46-69H2,1-3H3/b10-7-,19-16-,24-21-,27-25-,32-30-,33-31-,36-35-,40-38-,45-43-. The second-order valence-corrected chi connectivity index (χ2v) is 22.0. The van der Waals surface area contributed by atoms with Gasteiger partial charge in [0.05, 0.1) is 0 Å². The van der Waals surface area contributed by atoms with Crippen LogP contribution in [-0.4, -0.2) is 37.2 Å². The van der Waals surface area contributed by atoms with Crippen LogP contribution in [0.15, 0.2) is 109 Å². The predicted octanol–water partition coefficient (Wildman–Crippen LogP) is 23.0. The van der Waals surface area contributed by atoms with E-state index in [0.29, 0.717) is 19.3 Å². The van der Waals surface area contributed by atoms with Crippen molar-refractivity contribution in [3.8, 4) is 0 Å². The summed E-state index contributed by atoms with van der Waals surface area (Å²) in [5, 5.41) is 0. The summed E-state index contributed by atoms with van der Waals surface area (Å²) >= 11 is 0. The Morgan fingerprint density at radius 3 is 0.797 bits per heavy atom. The Labute approximate surface area is 489 Å². The summed E-state index contributed by atoms with van der Waals surface area (Å²) in [4.78, 5) is 38.4. The van der Waals surface area contributed by atoms with Crippen LogP contribution in [0.5, 0.6) is 0 Å². The van der Waals surface area contributed by atoms with Crippen LogP contribution in [0.1, 0.15) is 316 Å². The van der Waals surface area contributed by atoms with E-state index in [2.05, 4.69) is 130 Å². The maximum Gasteiger partial charge on any atom is 0.306 e. The first kappa shape index (κ1) is 75.1.